The van der Waals surface area contributed by atoms with Gasteiger partial charge in [0.05, 0.1) is 5.30 Å². The van der Waals surface area contributed by atoms with E-state index in [1.165, 1.54) is 0 Å². The molecule has 2 N–H and O–H groups in total. The normalized spacial score (nSPS) is 14.6. The number of hydrogen-bond acceptors (Lipinski definition) is 6. The average molecular weight is 757 g/mol. The highest BCUT2D eigenvalue weighted by Crippen LogP contribution is 2.65. The van der Waals surface area contributed by atoms with Crippen LogP contribution in [-0.4, -0.2) is 18.9 Å². The van der Waals surface area contributed by atoms with Crippen LogP contribution in [0.4, 0.5) is 5.69 Å². The Morgan fingerprint density at radius 1 is 0.554 bits per heavy atom. The first-order chi connectivity index (χ1) is 27.3. The molecule has 8 rings (SSSR count). The van der Waals surface area contributed by atoms with Crippen LogP contribution in [0.5, 0.6) is 28.7 Å². The summed E-state index contributed by atoms with van der Waals surface area (Å²) in [5, 5.41) is 6.10. The minimum absolute atomic E-state index is 0.219. The minimum Gasteiger partial charge on any atom is -0.457 e. The molecule has 0 fully saturated rings. The number of benzene rings is 7. The van der Waals surface area contributed by atoms with E-state index in [-0.39, 0.29) is 11.8 Å². The quantitative estimate of drug-likeness (QED) is 0.135. The lowest BCUT2D eigenvalue weighted by Crippen LogP contribution is -2.22. The summed E-state index contributed by atoms with van der Waals surface area (Å²) in [7, 11) is -2.08. The highest BCUT2D eigenvalue weighted by Gasteiger charge is 2.44. The van der Waals surface area contributed by atoms with Crippen molar-refractivity contribution in [3.8, 4) is 39.9 Å². The highest BCUT2D eigenvalue weighted by atomic mass is 31.2. The molecular formula is C47H37N2O6P. The monoisotopic (exact) mass is 756 g/mol. The zero-order valence-corrected chi connectivity index (χ0v) is 31.5. The lowest BCUT2D eigenvalue weighted by atomic mass is 10.0. The molecule has 1 heterocycles. The third-order valence-electron chi connectivity index (χ3n) is 9.62. The van der Waals surface area contributed by atoms with Crippen molar-refractivity contribution in [2.45, 2.75) is 12.6 Å². The van der Waals surface area contributed by atoms with Gasteiger partial charge >= 0.3 is 0 Å². The van der Waals surface area contributed by atoms with E-state index in [9.17, 15) is 9.59 Å². The zero-order valence-electron chi connectivity index (χ0n) is 30.6. The van der Waals surface area contributed by atoms with Gasteiger partial charge < -0.3 is 24.6 Å². The van der Waals surface area contributed by atoms with Crippen LogP contribution in [0.25, 0.3) is 11.1 Å². The molecule has 9 heteroatoms. The lowest BCUT2D eigenvalue weighted by Gasteiger charge is -2.34. The summed E-state index contributed by atoms with van der Waals surface area (Å²) < 4.78 is 34.6. The van der Waals surface area contributed by atoms with Crippen molar-refractivity contribution < 1.29 is 28.2 Å². The molecule has 0 saturated carbocycles. The zero-order chi connectivity index (χ0) is 38.6. The van der Waals surface area contributed by atoms with Crippen LogP contribution < -0.4 is 29.9 Å². The molecule has 7 aromatic carbocycles. The van der Waals surface area contributed by atoms with E-state index in [1.54, 1.807) is 55.6 Å². The maximum atomic E-state index is 15.6. The van der Waals surface area contributed by atoms with Gasteiger partial charge in [0.25, 0.3) is 19.2 Å². The summed E-state index contributed by atoms with van der Waals surface area (Å²) in [6.45, 7) is 2.03. The molecule has 7 aromatic rings. The van der Waals surface area contributed by atoms with Gasteiger partial charge in [0.2, 0.25) is 0 Å². The molecule has 2 amide bonds. The van der Waals surface area contributed by atoms with E-state index in [0.29, 0.717) is 45.1 Å². The second kappa shape index (κ2) is 15.5. The van der Waals surface area contributed by atoms with Gasteiger partial charge in [-0.15, -0.1) is 0 Å². The topological polar surface area (TPSA) is 103 Å². The first-order valence-electron chi connectivity index (χ1n) is 18.1. The lowest BCUT2D eigenvalue weighted by molar-refractivity contribution is 0.0961. The maximum Gasteiger partial charge on any atom is 0.289 e. The van der Waals surface area contributed by atoms with E-state index < -0.39 is 13.0 Å². The molecule has 0 radical (unpaired) electrons. The van der Waals surface area contributed by atoms with Crippen LogP contribution in [0, 0.1) is 6.92 Å². The number of aryl methyl sites for hydroxylation is 1. The first-order valence-corrected chi connectivity index (χ1v) is 19.8. The van der Waals surface area contributed by atoms with Gasteiger partial charge in [0, 0.05) is 29.4 Å². The number of ether oxygens (including phenoxy) is 2. The molecule has 0 aromatic heterocycles. The summed E-state index contributed by atoms with van der Waals surface area (Å²) in [6, 6.07) is 52.0. The van der Waals surface area contributed by atoms with Gasteiger partial charge in [-0.3, -0.25) is 14.2 Å². The van der Waals surface area contributed by atoms with Gasteiger partial charge in [0.15, 0.2) is 0 Å². The van der Waals surface area contributed by atoms with Gasteiger partial charge in [0.1, 0.15) is 34.4 Å². The standard InChI is InChI=1S/C47H37N2O6P/c1-31-11-23-37(24-12-31)53-38-25-17-32(18-26-38)45(56(52)44-10-6-4-8-42(44)41-7-3-5-9-43(41)55-56)33-19-27-39(28-20-33)54-40-29-21-36(22-30-40)49-47(51)35-15-13-34(14-16-35)46(50)48-2/h3-30,45H,1-2H3,(H,48,50)(H,49,51). The van der Waals surface area contributed by atoms with E-state index in [0.717, 1.165) is 33.6 Å². The second-order valence-electron chi connectivity index (χ2n) is 13.4. The Morgan fingerprint density at radius 2 is 1.02 bits per heavy atom. The molecule has 276 valence electrons. The fourth-order valence-electron chi connectivity index (χ4n) is 6.76. The summed E-state index contributed by atoms with van der Waals surface area (Å²) in [6.07, 6.45) is 0. The largest absolute Gasteiger partial charge is 0.457 e. The predicted molar refractivity (Wildman–Crippen MR) is 220 cm³/mol. The SMILES string of the molecule is CNC(=O)c1ccc(C(=O)Nc2ccc(Oc3ccc(C(c4ccc(Oc5ccc(C)cc5)cc4)P4(=O)Oc5ccccc5-c5ccccc54)cc3)cc2)cc1. The summed E-state index contributed by atoms with van der Waals surface area (Å²) in [4.78, 5) is 24.7. The number of hydrogen-bond donors (Lipinski definition) is 2. The summed E-state index contributed by atoms with van der Waals surface area (Å²) in [5.74, 6) is 2.61. The Balaban J connectivity index is 1.05. The number of fused-ring (bicyclic) bond motifs is 3. The summed E-state index contributed by atoms with van der Waals surface area (Å²) >= 11 is 0. The number of anilines is 1. The van der Waals surface area contributed by atoms with Gasteiger partial charge in [-0.05, 0) is 121 Å². The van der Waals surface area contributed by atoms with Crippen molar-refractivity contribution in [1.82, 2.24) is 5.32 Å². The molecule has 2 atom stereocenters. The molecule has 8 nitrogen and oxygen atoms in total. The van der Waals surface area contributed by atoms with Crippen molar-refractivity contribution in [3.05, 3.63) is 198 Å². The molecule has 2 unspecified atom stereocenters. The van der Waals surface area contributed by atoms with Gasteiger partial charge in [-0.2, -0.15) is 0 Å². The maximum absolute atomic E-state index is 15.6. The van der Waals surface area contributed by atoms with E-state index in [1.807, 2.05) is 128 Å². The molecule has 0 bridgehead atoms. The Labute approximate surface area is 325 Å². The molecule has 0 aliphatic carbocycles. The Kier molecular flexibility index (Phi) is 9.97. The molecule has 0 spiro atoms. The van der Waals surface area contributed by atoms with Crippen LogP contribution in [0.15, 0.2) is 170 Å². The van der Waals surface area contributed by atoms with Crippen LogP contribution in [0.2, 0.25) is 0 Å². The third-order valence-corrected chi connectivity index (χ3v) is 12.4. The fourth-order valence-corrected chi connectivity index (χ4v) is 9.64. The number of carbonyl (C=O) groups excluding carboxylic acids is 2. The first kappa shape index (κ1) is 36.1. The van der Waals surface area contributed by atoms with Crippen molar-refractivity contribution in [3.63, 3.8) is 0 Å². The number of nitrogens with one attached hydrogen (secondary N) is 2. The van der Waals surface area contributed by atoms with E-state index in [2.05, 4.69) is 10.6 Å². The fraction of sp³-hybridized carbons (Fsp3) is 0.0638. The van der Waals surface area contributed by atoms with Crippen molar-refractivity contribution in [2.24, 2.45) is 0 Å². The molecule has 1 aliphatic rings. The summed E-state index contributed by atoms with van der Waals surface area (Å²) in [5.41, 5.74) is 5.39. The Bertz CT molecular complexity index is 2570. The number of carbonyl (C=O) groups is 2. The molecular weight excluding hydrogens is 719 g/mol. The van der Waals surface area contributed by atoms with Gasteiger partial charge in [-0.25, -0.2) is 0 Å². The van der Waals surface area contributed by atoms with Crippen LogP contribution >= 0.6 is 7.37 Å². The third kappa shape index (κ3) is 7.43. The average Bonchev–Trinajstić information content (AvgIpc) is 3.23. The van der Waals surface area contributed by atoms with Crippen LogP contribution in [-0.2, 0) is 4.57 Å². The van der Waals surface area contributed by atoms with E-state index >= 15 is 4.57 Å². The van der Waals surface area contributed by atoms with Crippen LogP contribution in [0.3, 0.4) is 0 Å². The highest BCUT2D eigenvalue weighted by molar-refractivity contribution is 7.68. The number of para-hydroxylation sites is 1. The van der Waals surface area contributed by atoms with Gasteiger partial charge in [-0.1, -0.05) is 78.4 Å². The van der Waals surface area contributed by atoms with Crippen molar-refractivity contribution in [1.29, 1.82) is 0 Å². The van der Waals surface area contributed by atoms with E-state index in [4.69, 9.17) is 14.0 Å². The molecule has 1 aliphatic heterocycles. The number of rotatable bonds is 10. The number of amides is 2. The van der Waals surface area contributed by atoms with Crippen molar-refractivity contribution >= 4 is 30.2 Å². The minimum atomic E-state index is -3.64. The second-order valence-corrected chi connectivity index (χ2v) is 15.8. The predicted octanol–water partition coefficient (Wildman–Crippen LogP) is 10.9. The molecule has 56 heavy (non-hydrogen) atoms. The molecule has 0 saturated heterocycles. The Morgan fingerprint density at radius 3 is 1.57 bits per heavy atom. The van der Waals surface area contributed by atoms with Crippen LogP contribution in [0.1, 0.15) is 43.1 Å². The van der Waals surface area contributed by atoms with Crippen molar-refractivity contribution in [2.75, 3.05) is 12.4 Å². The smallest absolute Gasteiger partial charge is 0.289 e. The Hall–Kier alpha value is -6.89.